The van der Waals surface area contributed by atoms with Gasteiger partial charge in [-0.05, 0) is 74.8 Å². The summed E-state index contributed by atoms with van der Waals surface area (Å²) in [7, 11) is 0. The predicted octanol–water partition coefficient (Wildman–Crippen LogP) is 6.10. The van der Waals surface area contributed by atoms with Crippen molar-refractivity contribution in [1.29, 1.82) is 0 Å². The summed E-state index contributed by atoms with van der Waals surface area (Å²) in [5.41, 5.74) is 5.11. The van der Waals surface area contributed by atoms with Gasteiger partial charge < -0.3 is 4.90 Å². The molecule has 1 aliphatic heterocycles. The highest BCUT2D eigenvalue weighted by molar-refractivity contribution is 5.76. The molecule has 3 aromatic carbocycles. The number of unbranched alkanes of at least 4 members (excludes halogenated alkanes) is 1. The fourth-order valence-electron chi connectivity index (χ4n) is 5.60. The number of piperidine rings is 1. The molecule has 0 bridgehead atoms. The second-order valence-corrected chi connectivity index (χ2v) is 9.90. The van der Waals surface area contributed by atoms with E-state index in [4.69, 9.17) is 0 Å². The summed E-state index contributed by atoms with van der Waals surface area (Å²) in [6.45, 7) is 4.09. The van der Waals surface area contributed by atoms with Crippen LogP contribution in [0.25, 0.3) is 11.0 Å². The molecule has 0 aliphatic carbocycles. The highest BCUT2D eigenvalue weighted by Gasteiger charge is 2.24. The molecule has 2 heterocycles. The summed E-state index contributed by atoms with van der Waals surface area (Å²) < 4.78 is 4.11. The van der Waals surface area contributed by atoms with E-state index in [1.807, 2.05) is 4.57 Å². The molecule has 1 saturated heterocycles. The highest BCUT2D eigenvalue weighted by atomic mass is 16.1. The first kappa shape index (κ1) is 23.6. The maximum Gasteiger partial charge on any atom is 0.329 e. The van der Waals surface area contributed by atoms with Crippen LogP contribution >= 0.6 is 0 Å². The molecule has 0 spiro atoms. The van der Waals surface area contributed by atoms with Crippen molar-refractivity contribution in [1.82, 2.24) is 14.0 Å². The Labute approximate surface area is 208 Å². The van der Waals surface area contributed by atoms with Crippen LogP contribution in [-0.2, 0) is 19.4 Å². The number of likely N-dealkylation sites (tertiary alicyclic amines) is 1. The van der Waals surface area contributed by atoms with E-state index in [1.54, 1.807) is 0 Å². The van der Waals surface area contributed by atoms with Crippen molar-refractivity contribution in [3.05, 3.63) is 107 Å². The van der Waals surface area contributed by atoms with Gasteiger partial charge >= 0.3 is 5.69 Å². The Morgan fingerprint density at radius 1 is 0.629 bits per heavy atom. The summed E-state index contributed by atoms with van der Waals surface area (Å²) in [5, 5.41) is 0. The molecule has 0 unspecified atom stereocenters. The maximum absolute atomic E-state index is 13.6. The molecule has 5 rings (SSSR count). The van der Waals surface area contributed by atoms with Gasteiger partial charge in [0.1, 0.15) is 0 Å². The monoisotopic (exact) mass is 467 g/mol. The van der Waals surface area contributed by atoms with Crippen LogP contribution in [0.15, 0.2) is 89.7 Å². The van der Waals surface area contributed by atoms with Gasteiger partial charge in [0.05, 0.1) is 11.0 Å². The number of nitrogens with zero attached hydrogens (tertiary/aromatic N) is 3. The average molecular weight is 468 g/mol. The van der Waals surface area contributed by atoms with Gasteiger partial charge in [0, 0.05) is 25.7 Å². The summed E-state index contributed by atoms with van der Waals surface area (Å²) in [6, 6.07) is 30.0. The number of rotatable bonds is 10. The Hall–Kier alpha value is -3.11. The molecule has 0 amide bonds. The Morgan fingerprint density at radius 2 is 1.20 bits per heavy atom. The van der Waals surface area contributed by atoms with E-state index >= 15 is 0 Å². The molecule has 4 nitrogen and oxygen atoms in total. The van der Waals surface area contributed by atoms with Gasteiger partial charge in [0.2, 0.25) is 0 Å². The molecule has 4 heteroatoms. The van der Waals surface area contributed by atoms with E-state index in [9.17, 15) is 4.79 Å². The molecule has 1 fully saturated rings. The van der Waals surface area contributed by atoms with Gasteiger partial charge in [-0.1, -0.05) is 72.8 Å². The summed E-state index contributed by atoms with van der Waals surface area (Å²) in [4.78, 5) is 16.2. The van der Waals surface area contributed by atoms with Crippen molar-refractivity contribution < 1.29 is 0 Å². The van der Waals surface area contributed by atoms with Gasteiger partial charge in [-0.3, -0.25) is 9.13 Å². The van der Waals surface area contributed by atoms with E-state index in [0.717, 1.165) is 69.3 Å². The number of para-hydroxylation sites is 2. The third kappa shape index (κ3) is 5.76. The average Bonchev–Trinajstić information content (AvgIpc) is 3.19. The van der Waals surface area contributed by atoms with Crippen LogP contribution in [0.2, 0.25) is 0 Å². The molecule has 0 saturated carbocycles. The molecule has 4 aromatic rings. The maximum atomic E-state index is 13.6. The molecule has 1 aliphatic rings. The van der Waals surface area contributed by atoms with E-state index in [2.05, 4.69) is 94.4 Å². The predicted molar refractivity (Wildman–Crippen MR) is 145 cm³/mol. The second-order valence-electron chi connectivity index (χ2n) is 9.90. The van der Waals surface area contributed by atoms with Gasteiger partial charge in [-0.15, -0.1) is 0 Å². The Morgan fingerprint density at radius 3 is 1.86 bits per heavy atom. The number of aryl methyl sites for hydroxylation is 3. The molecule has 0 N–H and O–H groups in total. The normalized spacial score (nSPS) is 15.1. The van der Waals surface area contributed by atoms with Crippen molar-refractivity contribution in [3.63, 3.8) is 0 Å². The van der Waals surface area contributed by atoms with Crippen LogP contribution in [0.4, 0.5) is 0 Å². The first-order chi connectivity index (χ1) is 17.3. The number of hydrogen-bond acceptors (Lipinski definition) is 2. The fourth-order valence-corrected chi connectivity index (χ4v) is 5.60. The lowest BCUT2D eigenvalue weighted by Gasteiger charge is -2.32. The van der Waals surface area contributed by atoms with E-state index < -0.39 is 0 Å². The van der Waals surface area contributed by atoms with Crippen LogP contribution in [0.5, 0.6) is 0 Å². The summed E-state index contributed by atoms with van der Waals surface area (Å²) in [6.07, 6.45) is 7.71. The van der Waals surface area contributed by atoms with Crippen LogP contribution in [0, 0.1) is 0 Å². The molecular weight excluding hydrogens is 430 g/mol. The summed E-state index contributed by atoms with van der Waals surface area (Å²) >= 11 is 0. The minimum atomic E-state index is 0.167. The van der Waals surface area contributed by atoms with Crippen molar-refractivity contribution in [2.75, 3.05) is 19.6 Å². The zero-order valence-corrected chi connectivity index (χ0v) is 20.7. The smallest absolute Gasteiger partial charge is 0.303 e. The topological polar surface area (TPSA) is 30.2 Å². The second kappa shape index (κ2) is 11.5. The SMILES string of the molecule is O=c1n(CCCc2ccccc2)c2ccccc2n1C1CCN(CCCCc2ccccc2)CC1. The lowest BCUT2D eigenvalue weighted by Crippen LogP contribution is -2.38. The van der Waals surface area contributed by atoms with Gasteiger partial charge in [0.15, 0.2) is 0 Å². The first-order valence-corrected chi connectivity index (χ1v) is 13.3. The number of imidazole rings is 1. The Kier molecular flexibility index (Phi) is 7.79. The zero-order chi connectivity index (χ0) is 23.9. The number of benzene rings is 3. The fraction of sp³-hybridized carbons (Fsp3) is 0.387. The van der Waals surface area contributed by atoms with Crippen LogP contribution in [0.1, 0.15) is 49.3 Å². The van der Waals surface area contributed by atoms with Crippen molar-refractivity contribution in [2.45, 2.75) is 57.5 Å². The molecular formula is C31H37N3O. The van der Waals surface area contributed by atoms with E-state index in [-0.39, 0.29) is 5.69 Å². The third-order valence-electron chi connectivity index (χ3n) is 7.51. The largest absolute Gasteiger partial charge is 0.329 e. The minimum Gasteiger partial charge on any atom is -0.303 e. The minimum absolute atomic E-state index is 0.167. The van der Waals surface area contributed by atoms with Crippen molar-refractivity contribution >= 4 is 11.0 Å². The summed E-state index contributed by atoms with van der Waals surface area (Å²) in [5.74, 6) is 0. The first-order valence-electron chi connectivity index (χ1n) is 13.3. The third-order valence-corrected chi connectivity index (χ3v) is 7.51. The lowest BCUT2D eigenvalue weighted by atomic mass is 10.0. The Bertz CT molecular complexity index is 1250. The standard InChI is InChI=1S/C31H37N3O/c35-31-33(23-11-17-27-14-5-2-6-15-27)29-18-7-8-19-30(29)34(31)28-20-24-32(25-21-28)22-10-9-16-26-12-3-1-4-13-26/h1-8,12-15,18-19,28H,9-11,16-17,20-25H2. The number of aromatic nitrogens is 2. The molecule has 1 aromatic heterocycles. The van der Waals surface area contributed by atoms with Gasteiger partial charge in [-0.2, -0.15) is 0 Å². The Balaban J connectivity index is 1.18. The zero-order valence-electron chi connectivity index (χ0n) is 20.7. The lowest BCUT2D eigenvalue weighted by molar-refractivity contribution is 0.183. The van der Waals surface area contributed by atoms with Crippen LogP contribution in [0.3, 0.4) is 0 Å². The molecule has 0 radical (unpaired) electrons. The van der Waals surface area contributed by atoms with Crippen LogP contribution in [-0.4, -0.2) is 33.7 Å². The van der Waals surface area contributed by atoms with Gasteiger partial charge in [-0.25, -0.2) is 4.79 Å². The van der Waals surface area contributed by atoms with Crippen molar-refractivity contribution in [3.8, 4) is 0 Å². The van der Waals surface area contributed by atoms with Crippen molar-refractivity contribution in [2.24, 2.45) is 0 Å². The van der Waals surface area contributed by atoms with E-state index in [1.165, 1.54) is 24.0 Å². The van der Waals surface area contributed by atoms with Crippen LogP contribution < -0.4 is 5.69 Å². The molecule has 182 valence electrons. The highest BCUT2D eigenvalue weighted by Crippen LogP contribution is 2.26. The number of hydrogen-bond donors (Lipinski definition) is 0. The molecule has 35 heavy (non-hydrogen) atoms. The molecule has 0 atom stereocenters. The number of fused-ring (bicyclic) bond motifs is 1. The quantitative estimate of drug-likeness (QED) is 0.264. The van der Waals surface area contributed by atoms with Gasteiger partial charge in [0.25, 0.3) is 0 Å². The van der Waals surface area contributed by atoms with E-state index in [0.29, 0.717) is 6.04 Å².